The molecule has 2 N–H and O–H groups in total. The summed E-state index contributed by atoms with van der Waals surface area (Å²) in [5.74, 6) is 0. The van der Waals surface area contributed by atoms with E-state index in [2.05, 4.69) is 10.3 Å². The number of rotatable bonds is 3. The lowest BCUT2D eigenvalue weighted by atomic mass is 9.93. The predicted octanol–water partition coefficient (Wildman–Crippen LogP) is 4.96. The van der Waals surface area contributed by atoms with Gasteiger partial charge in [0.25, 0.3) is 0 Å². The third kappa shape index (κ3) is 4.64. The molecule has 9 heteroatoms. The fourth-order valence-corrected chi connectivity index (χ4v) is 3.23. The maximum Gasteiger partial charge on any atom is 0.433 e. The second-order valence-corrected chi connectivity index (χ2v) is 6.75. The van der Waals surface area contributed by atoms with Crippen molar-refractivity contribution >= 4 is 0 Å². The minimum atomic E-state index is -4.75. The Labute approximate surface area is 157 Å². The van der Waals surface area contributed by atoms with Crippen molar-refractivity contribution < 1.29 is 31.4 Å². The van der Waals surface area contributed by atoms with Crippen molar-refractivity contribution in [1.29, 1.82) is 0 Å². The highest BCUT2D eigenvalue weighted by Gasteiger charge is 2.35. The molecule has 0 radical (unpaired) electrons. The molecule has 1 aliphatic rings. The van der Waals surface area contributed by atoms with E-state index in [1.165, 1.54) is 6.07 Å². The molecule has 1 fully saturated rings. The Bertz CT molecular complexity index is 811. The molecule has 3 rings (SSSR count). The molecule has 152 valence electrons. The molecule has 0 unspecified atom stereocenters. The summed E-state index contributed by atoms with van der Waals surface area (Å²) in [6.45, 7) is 0.657. The van der Waals surface area contributed by atoms with Gasteiger partial charge in [-0.05, 0) is 49.2 Å². The third-order valence-corrected chi connectivity index (χ3v) is 4.72. The summed E-state index contributed by atoms with van der Waals surface area (Å²) in [4.78, 5) is 3.56. The number of piperidine rings is 1. The van der Waals surface area contributed by atoms with Crippen LogP contribution in [0, 0.1) is 0 Å². The van der Waals surface area contributed by atoms with E-state index in [-0.39, 0.29) is 16.8 Å². The maximum atomic E-state index is 13.3. The van der Waals surface area contributed by atoms with Gasteiger partial charge in [0.05, 0.1) is 17.4 Å². The minimum absolute atomic E-state index is 0.0247. The van der Waals surface area contributed by atoms with Crippen LogP contribution in [0.4, 0.5) is 26.3 Å². The van der Waals surface area contributed by atoms with Crippen molar-refractivity contribution in [3.05, 3.63) is 53.2 Å². The number of aliphatic hydroxyl groups is 1. The van der Waals surface area contributed by atoms with Gasteiger partial charge in [0.15, 0.2) is 0 Å². The molecule has 3 nitrogen and oxygen atoms in total. The van der Waals surface area contributed by atoms with Gasteiger partial charge < -0.3 is 10.4 Å². The fraction of sp³-hybridized carbons (Fsp3) is 0.421. The summed E-state index contributed by atoms with van der Waals surface area (Å²) in [6, 6.07) is 5.40. The number of aliphatic hydroxyl groups excluding tert-OH is 1. The average Bonchev–Trinajstić information content (AvgIpc) is 2.66. The first-order valence-electron chi connectivity index (χ1n) is 8.74. The molecular formula is C19H18F6N2O. The largest absolute Gasteiger partial charge is 0.433 e. The van der Waals surface area contributed by atoms with Crippen molar-refractivity contribution in [3.8, 4) is 11.3 Å². The van der Waals surface area contributed by atoms with E-state index in [0.717, 1.165) is 43.2 Å². The Hall–Kier alpha value is -2.13. The number of hydrogen-bond acceptors (Lipinski definition) is 3. The lowest BCUT2D eigenvalue weighted by molar-refractivity contribution is -0.141. The highest BCUT2D eigenvalue weighted by Crippen LogP contribution is 2.35. The van der Waals surface area contributed by atoms with Crippen molar-refractivity contribution in [2.45, 2.75) is 43.8 Å². The lowest BCUT2D eigenvalue weighted by Gasteiger charge is -2.28. The number of nitrogens with zero attached hydrogens (tertiary/aromatic N) is 1. The molecule has 0 spiro atoms. The molecule has 0 aliphatic carbocycles. The van der Waals surface area contributed by atoms with Crippen molar-refractivity contribution in [2.75, 3.05) is 6.54 Å². The van der Waals surface area contributed by atoms with Crippen molar-refractivity contribution in [1.82, 2.24) is 10.3 Å². The second kappa shape index (κ2) is 7.71. The Morgan fingerprint density at radius 1 is 0.964 bits per heavy atom. The Kier molecular flexibility index (Phi) is 5.67. The number of aromatic nitrogens is 1. The van der Waals surface area contributed by atoms with Gasteiger partial charge in [-0.15, -0.1) is 0 Å². The monoisotopic (exact) mass is 404 g/mol. The first-order chi connectivity index (χ1) is 13.1. The van der Waals surface area contributed by atoms with Crippen LogP contribution in [0.5, 0.6) is 0 Å². The van der Waals surface area contributed by atoms with Crippen LogP contribution in [0.25, 0.3) is 11.3 Å². The molecule has 1 aliphatic heterocycles. The lowest BCUT2D eigenvalue weighted by Crippen LogP contribution is -2.38. The van der Waals surface area contributed by atoms with E-state index in [4.69, 9.17) is 0 Å². The standard InChI is InChI=1S/C19H18F6N2O/c20-18(21,22)13-6-4-11(5-7-13)15-9-12(10-16(27-15)19(23,24)25)17(28)14-3-1-2-8-26-14/h4-7,9-10,14,17,26,28H,1-3,8H2/t14-,17-/m1/s1. The molecule has 2 atom stereocenters. The molecule has 0 saturated carbocycles. The topological polar surface area (TPSA) is 45.2 Å². The number of hydrogen-bond donors (Lipinski definition) is 2. The molecule has 0 bridgehead atoms. The summed E-state index contributed by atoms with van der Waals surface area (Å²) in [5.41, 5.74) is -2.13. The number of halogens is 6. The van der Waals surface area contributed by atoms with Crippen LogP contribution in [0.2, 0.25) is 0 Å². The van der Waals surface area contributed by atoms with E-state index >= 15 is 0 Å². The van der Waals surface area contributed by atoms with Gasteiger partial charge >= 0.3 is 12.4 Å². The predicted molar refractivity (Wildman–Crippen MR) is 90.3 cm³/mol. The van der Waals surface area contributed by atoms with Crippen LogP contribution in [0.15, 0.2) is 36.4 Å². The van der Waals surface area contributed by atoms with Crippen LogP contribution in [-0.4, -0.2) is 22.7 Å². The molecule has 1 aromatic heterocycles. The van der Waals surface area contributed by atoms with Crippen molar-refractivity contribution in [2.24, 2.45) is 0 Å². The maximum absolute atomic E-state index is 13.3. The van der Waals surface area contributed by atoms with Gasteiger partial charge in [0.2, 0.25) is 0 Å². The molecule has 0 amide bonds. The average molecular weight is 404 g/mol. The molecule has 2 aromatic rings. The van der Waals surface area contributed by atoms with Gasteiger partial charge in [-0.2, -0.15) is 26.3 Å². The SMILES string of the molecule is O[C@H](c1cc(-c2ccc(C(F)(F)F)cc2)nc(C(F)(F)F)c1)[C@H]1CCCCN1. The summed E-state index contributed by atoms with van der Waals surface area (Å²) in [7, 11) is 0. The highest BCUT2D eigenvalue weighted by atomic mass is 19.4. The second-order valence-electron chi connectivity index (χ2n) is 6.75. The first-order valence-corrected chi connectivity index (χ1v) is 8.74. The van der Waals surface area contributed by atoms with Crippen molar-refractivity contribution in [3.63, 3.8) is 0 Å². The van der Waals surface area contributed by atoms with Crippen LogP contribution < -0.4 is 5.32 Å². The molecular weight excluding hydrogens is 386 g/mol. The van der Waals surface area contributed by atoms with Gasteiger partial charge in [-0.1, -0.05) is 18.6 Å². The zero-order valence-corrected chi connectivity index (χ0v) is 14.6. The van der Waals surface area contributed by atoms with E-state index in [0.29, 0.717) is 13.0 Å². The summed E-state index contributed by atoms with van der Waals surface area (Å²) in [5, 5.41) is 13.6. The Balaban J connectivity index is 2.00. The smallest absolute Gasteiger partial charge is 0.387 e. The number of nitrogens with one attached hydrogen (secondary N) is 1. The molecule has 2 heterocycles. The summed E-state index contributed by atoms with van der Waals surface area (Å²) in [6.07, 6.45) is -8.11. The van der Waals surface area contributed by atoms with Crippen LogP contribution in [0.3, 0.4) is 0 Å². The quantitative estimate of drug-likeness (QED) is 0.711. The first kappa shape index (κ1) is 20.6. The zero-order chi connectivity index (χ0) is 20.5. The summed E-state index contributed by atoms with van der Waals surface area (Å²) >= 11 is 0. The van der Waals surface area contributed by atoms with Gasteiger partial charge in [0, 0.05) is 11.6 Å². The number of benzene rings is 1. The summed E-state index contributed by atoms with van der Waals surface area (Å²) < 4.78 is 78.0. The Morgan fingerprint density at radius 3 is 2.18 bits per heavy atom. The van der Waals surface area contributed by atoms with Gasteiger partial charge in [-0.3, -0.25) is 0 Å². The highest BCUT2D eigenvalue weighted by molar-refractivity contribution is 5.61. The number of alkyl halides is 6. The normalized spacial score (nSPS) is 19.5. The van der Waals surface area contributed by atoms with E-state index in [1.54, 1.807) is 0 Å². The zero-order valence-electron chi connectivity index (χ0n) is 14.6. The van der Waals surface area contributed by atoms with Gasteiger partial charge in [0.1, 0.15) is 5.69 Å². The van der Waals surface area contributed by atoms with E-state index < -0.39 is 35.8 Å². The number of pyridine rings is 1. The molecule has 28 heavy (non-hydrogen) atoms. The van der Waals surface area contributed by atoms with Crippen LogP contribution in [-0.2, 0) is 12.4 Å². The minimum Gasteiger partial charge on any atom is -0.387 e. The van der Waals surface area contributed by atoms with E-state index in [1.807, 2.05) is 0 Å². The van der Waals surface area contributed by atoms with Crippen LogP contribution >= 0.6 is 0 Å². The van der Waals surface area contributed by atoms with Crippen LogP contribution in [0.1, 0.15) is 42.2 Å². The van der Waals surface area contributed by atoms with Gasteiger partial charge in [-0.25, -0.2) is 4.98 Å². The third-order valence-electron chi connectivity index (χ3n) is 4.72. The Morgan fingerprint density at radius 2 is 1.64 bits per heavy atom. The fourth-order valence-electron chi connectivity index (χ4n) is 3.23. The molecule has 1 saturated heterocycles. The van der Waals surface area contributed by atoms with E-state index in [9.17, 15) is 31.4 Å². The molecule has 1 aromatic carbocycles.